The van der Waals surface area contributed by atoms with Crippen molar-refractivity contribution in [2.75, 3.05) is 13.7 Å². The fourth-order valence-corrected chi connectivity index (χ4v) is 2.47. The van der Waals surface area contributed by atoms with Crippen molar-refractivity contribution in [2.45, 2.75) is 32.9 Å². The minimum atomic E-state index is -0.178. The van der Waals surface area contributed by atoms with Crippen LogP contribution in [-0.4, -0.2) is 25.4 Å². The van der Waals surface area contributed by atoms with Gasteiger partial charge in [0.1, 0.15) is 11.5 Å². The number of amides is 1. The number of hydrogen-bond donors (Lipinski definition) is 1. The molecule has 0 atom stereocenters. The van der Waals surface area contributed by atoms with Gasteiger partial charge in [0.15, 0.2) is 6.61 Å². The van der Waals surface area contributed by atoms with Crippen LogP contribution in [0.2, 0.25) is 0 Å². The van der Waals surface area contributed by atoms with Gasteiger partial charge in [-0.1, -0.05) is 36.4 Å². The van der Waals surface area contributed by atoms with E-state index >= 15 is 0 Å². The summed E-state index contributed by atoms with van der Waals surface area (Å²) in [6.07, 6.45) is 1.26. The number of aryl methyl sites for hydroxylation is 1. The molecule has 0 aliphatic rings. The summed E-state index contributed by atoms with van der Waals surface area (Å²) in [5.74, 6) is 0.631. The third-order valence-electron chi connectivity index (χ3n) is 3.85. The number of ketones is 1. The van der Waals surface area contributed by atoms with Gasteiger partial charge in [-0.15, -0.1) is 0 Å². The molecule has 0 aliphatic carbocycles. The summed E-state index contributed by atoms with van der Waals surface area (Å²) in [5, 5.41) is 2.84. The van der Waals surface area contributed by atoms with Gasteiger partial charge in [0.05, 0.1) is 6.61 Å². The van der Waals surface area contributed by atoms with Gasteiger partial charge in [-0.05, 0) is 42.2 Å². The first-order valence-electron chi connectivity index (χ1n) is 8.61. The number of hydrogen-bond acceptors (Lipinski definition) is 4. The van der Waals surface area contributed by atoms with Gasteiger partial charge in [0, 0.05) is 20.1 Å². The van der Waals surface area contributed by atoms with E-state index in [2.05, 4.69) is 5.32 Å². The molecule has 0 aliphatic heterocycles. The molecular weight excluding hydrogens is 330 g/mol. The number of ether oxygens (including phenoxy) is 2. The molecule has 0 aromatic heterocycles. The van der Waals surface area contributed by atoms with Gasteiger partial charge in [-0.25, -0.2) is 0 Å². The lowest BCUT2D eigenvalue weighted by Gasteiger charge is -2.09. The maximum Gasteiger partial charge on any atom is 0.258 e. The fourth-order valence-electron chi connectivity index (χ4n) is 2.47. The Morgan fingerprint density at radius 2 is 1.73 bits per heavy atom. The van der Waals surface area contributed by atoms with Crippen LogP contribution in [-0.2, 0) is 33.9 Å². The van der Waals surface area contributed by atoms with Gasteiger partial charge in [0.25, 0.3) is 5.91 Å². The Bertz CT molecular complexity index is 725. The van der Waals surface area contributed by atoms with Crippen molar-refractivity contribution in [3.8, 4) is 5.75 Å². The molecule has 0 saturated carbocycles. The predicted octanol–water partition coefficient (Wildman–Crippen LogP) is 3.05. The Balaban J connectivity index is 1.74. The van der Waals surface area contributed by atoms with Crippen molar-refractivity contribution in [3.05, 3.63) is 65.2 Å². The third kappa shape index (κ3) is 7.07. The highest BCUT2D eigenvalue weighted by Crippen LogP contribution is 2.13. The van der Waals surface area contributed by atoms with Crippen LogP contribution < -0.4 is 10.1 Å². The highest BCUT2D eigenvalue weighted by Gasteiger charge is 2.04. The maximum absolute atomic E-state index is 11.9. The number of carbonyl (C=O) groups excluding carboxylic acids is 2. The van der Waals surface area contributed by atoms with Gasteiger partial charge in [0.2, 0.25) is 0 Å². The van der Waals surface area contributed by atoms with Crippen molar-refractivity contribution >= 4 is 11.7 Å². The summed E-state index contributed by atoms with van der Waals surface area (Å²) < 4.78 is 10.6. The second-order valence-electron chi connectivity index (χ2n) is 6.16. The highest BCUT2D eigenvalue weighted by atomic mass is 16.5. The standard InChI is InChI=1S/C21H25NO4/c1-16(23)6-7-17-8-10-20(11-9-17)26-15-21(24)22-13-18-4-3-5-19(12-18)14-25-2/h3-5,8-12H,6-7,13-15H2,1-2H3,(H,22,24). The van der Waals surface area contributed by atoms with Crippen LogP contribution in [0.15, 0.2) is 48.5 Å². The normalized spacial score (nSPS) is 10.4. The summed E-state index contributed by atoms with van der Waals surface area (Å²) >= 11 is 0. The zero-order chi connectivity index (χ0) is 18.8. The SMILES string of the molecule is COCc1cccc(CNC(=O)COc2ccc(CCC(C)=O)cc2)c1. The first kappa shape index (κ1) is 19.7. The largest absolute Gasteiger partial charge is 0.484 e. The van der Waals surface area contributed by atoms with Crippen molar-refractivity contribution in [1.82, 2.24) is 5.32 Å². The molecule has 0 fully saturated rings. The summed E-state index contributed by atoms with van der Waals surface area (Å²) in [6.45, 7) is 2.55. The number of Topliss-reactive ketones (excluding diaryl/α,β-unsaturated/α-hetero) is 1. The smallest absolute Gasteiger partial charge is 0.258 e. The molecule has 5 nitrogen and oxygen atoms in total. The molecule has 26 heavy (non-hydrogen) atoms. The number of methoxy groups -OCH3 is 1. The van der Waals surface area contributed by atoms with Crippen molar-refractivity contribution in [3.63, 3.8) is 0 Å². The maximum atomic E-state index is 11.9. The molecule has 2 rings (SSSR count). The van der Waals surface area contributed by atoms with Gasteiger partial charge >= 0.3 is 0 Å². The summed E-state index contributed by atoms with van der Waals surface area (Å²) in [6, 6.07) is 15.4. The lowest BCUT2D eigenvalue weighted by Crippen LogP contribution is -2.28. The minimum Gasteiger partial charge on any atom is -0.484 e. The zero-order valence-corrected chi connectivity index (χ0v) is 15.3. The lowest BCUT2D eigenvalue weighted by molar-refractivity contribution is -0.123. The van der Waals surface area contributed by atoms with E-state index in [0.29, 0.717) is 25.3 Å². The molecule has 0 unspecified atom stereocenters. The molecule has 0 heterocycles. The Morgan fingerprint density at radius 3 is 2.42 bits per heavy atom. The molecule has 1 N–H and O–H groups in total. The van der Waals surface area contributed by atoms with Crippen molar-refractivity contribution in [2.24, 2.45) is 0 Å². The number of nitrogens with one attached hydrogen (secondary N) is 1. The van der Waals surface area contributed by atoms with E-state index in [1.54, 1.807) is 14.0 Å². The minimum absolute atomic E-state index is 0.0371. The van der Waals surface area contributed by atoms with E-state index in [1.165, 1.54) is 0 Å². The molecule has 2 aromatic rings. The average Bonchev–Trinajstić information content (AvgIpc) is 2.64. The topological polar surface area (TPSA) is 64.6 Å². The summed E-state index contributed by atoms with van der Waals surface area (Å²) in [4.78, 5) is 22.9. The molecule has 2 aromatic carbocycles. The second kappa shape index (κ2) is 10.4. The molecule has 0 bridgehead atoms. The molecule has 0 radical (unpaired) electrons. The van der Waals surface area contributed by atoms with E-state index in [1.807, 2.05) is 48.5 Å². The lowest BCUT2D eigenvalue weighted by atomic mass is 10.1. The van der Waals surface area contributed by atoms with Crippen molar-refractivity contribution < 1.29 is 19.1 Å². The molecule has 0 saturated heterocycles. The zero-order valence-electron chi connectivity index (χ0n) is 15.3. The van der Waals surface area contributed by atoms with Crippen LogP contribution in [0.4, 0.5) is 0 Å². The van der Waals surface area contributed by atoms with Crippen LogP contribution in [0.25, 0.3) is 0 Å². The fraction of sp³-hybridized carbons (Fsp3) is 0.333. The van der Waals surface area contributed by atoms with E-state index in [4.69, 9.17) is 9.47 Å². The molecule has 138 valence electrons. The first-order chi connectivity index (χ1) is 12.6. The summed E-state index contributed by atoms with van der Waals surface area (Å²) in [7, 11) is 1.65. The van der Waals surface area contributed by atoms with Gasteiger partial charge < -0.3 is 19.6 Å². The van der Waals surface area contributed by atoms with E-state index < -0.39 is 0 Å². The summed E-state index contributed by atoms with van der Waals surface area (Å²) in [5.41, 5.74) is 3.16. The monoisotopic (exact) mass is 355 g/mol. The van der Waals surface area contributed by atoms with Gasteiger partial charge in [-0.2, -0.15) is 0 Å². The van der Waals surface area contributed by atoms with Crippen LogP contribution in [0.5, 0.6) is 5.75 Å². The Hall–Kier alpha value is -2.66. The molecular formula is C21H25NO4. The number of rotatable bonds is 10. The third-order valence-corrected chi connectivity index (χ3v) is 3.85. The van der Waals surface area contributed by atoms with E-state index in [-0.39, 0.29) is 18.3 Å². The second-order valence-corrected chi connectivity index (χ2v) is 6.16. The number of benzene rings is 2. The predicted molar refractivity (Wildman–Crippen MR) is 99.9 cm³/mol. The number of carbonyl (C=O) groups is 2. The highest BCUT2D eigenvalue weighted by molar-refractivity contribution is 5.77. The van der Waals surface area contributed by atoms with E-state index in [0.717, 1.165) is 23.1 Å². The van der Waals surface area contributed by atoms with Crippen LogP contribution in [0, 0.1) is 0 Å². The Labute approximate surface area is 154 Å². The van der Waals surface area contributed by atoms with Crippen LogP contribution >= 0.6 is 0 Å². The Morgan fingerprint density at radius 1 is 1.00 bits per heavy atom. The Kier molecular flexibility index (Phi) is 7.83. The van der Waals surface area contributed by atoms with Crippen LogP contribution in [0.3, 0.4) is 0 Å². The quantitative estimate of drug-likeness (QED) is 0.711. The van der Waals surface area contributed by atoms with Crippen LogP contribution in [0.1, 0.15) is 30.0 Å². The van der Waals surface area contributed by atoms with E-state index in [9.17, 15) is 9.59 Å². The molecule has 0 spiro atoms. The van der Waals surface area contributed by atoms with Gasteiger partial charge in [-0.3, -0.25) is 4.79 Å². The molecule has 1 amide bonds. The molecule has 5 heteroatoms. The van der Waals surface area contributed by atoms with Crippen molar-refractivity contribution in [1.29, 1.82) is 0 Å². The average molecular weight is 355 g/mol. The first-order valence-corrected chi connectivity index (χ1v) is 8.61.